The number of benzene rings is 1. The van der Waals surface area contributed by atoms with Crippen molar-refractivity contribution in [1.82, 2.24) is 19.3 Å². The van der Waals surface area contributed by atoms with E-state index in [4.69, 9.17) is 4.98 Å². The maximum absolute atomic E-state index is 12.4. The van der Waals surface area contributed by atoms with Crippen LogP contribution < -0.4 is 9.62 Å². The van der Waals surface area contributed by atoms with E-state index in [1.807, 2.05) is 31.2 Å². The van der Waals surface area contributed by atoms with E-state index in [2.05, 4.69) is 14.3 Å². The fraction of sp³-hybridized carbons (Fsp3) is 0.429. The predicted molar refractivity (Wildman–Crippen MR) is 118 cm³/mol. The summed E-state index contributed by atoms with van der Waals surface area (Å²) in [6.07, 6.45) is 3.61. The van der Waals surface area contributed by atoms with Crippen molar-refractivity contribution < 1.29 is 18.0 Å². The van der Waals surface area contributed by atoms with Crippen LogP contribution in [0.5, 0.6) is 0 Å². The largest absolute Gasteiger partial charge is 0.327 e. The van der Waals surface area contributed by atoms with Gasteiger partial charge in [0.1, 0.15) is 11.3 Å². The van der Waals surface area contributed by atoms with Gasteiger partial charge in [0.15, 0.2) is 5.82 Å². The van der Waals surface area contributed by atoms with Crippen molar-refractivity contribution in [2.45, 2.75) is 45.6 Å². The van der Waals surface area contributed by atoms with E-state index in [0.29, 0.717) is 42.8 Å². The molecule has 2 aromatic heterocycles. The Labute approximate surface area is 180 Å². The number of anilines is 1. The van der Waals surface area contributed by atoms with Crippen molar-refractivity contribution in [3.05, 3.63) is 30.1 Å². The van der Waals surface area contributed by atoms with Crippen LogP contribution in [0.1, 0.15) is 38.4 Å². The highest BCUT2D eigenvalue weighted by Crippen LogP contribution is 2.34. The zero-order chi connectivity index (χ0) is 22.2. The smallest absolute Gasteiger partial charge is 0.235 e. The molecule has 9 nitrogen and oxygen atoms in total. The molecule has 0 radical (unpaired) electrons. The number of rotatable bonds is 8. The number of unbranched alkanes of at least 4 members (excludes halogenated alkanes) is 1. The number of hydrogen-bond donors (Lipinski definition) is 1. The molecule has 164 valence electrons. The lowest BCUT2D eigenvalue weighted by atomic mass is 10.1. The van der Waals surface area contributed by atoms with Gasteiger partial charge in [-0.05, 0) is 18.9 Å². The van der Waals surface area contributed by atoms with Gasteiger partial charge in [-0.3, -0.25) is 9.59 Å². The summed E-state index contributed by atoms with van der Waals surface area (Å²) in [4.78, 5) is 35.4. The van der Waals surface area contributed by atoms with Crippen LogP contribution in [0.25, 0.3) is 21.9 Å². The van der Waals surface area contributed by atoms with Gasteiger partial charge in [0, 0.05) is 37.7 Å². The number of hydrogen-bond acceptors (Lipinski definition) is 6. The molecule has 0 spiro atoms. The quantitative estimate of drug-likeness (QED) is 0.421. The molecule has 0 atom stereocenters. The Kier molecular flexibility index (Phi) is 5.76. The van der Waals surface area contributed by atoms with Crippen molar-refractivity contribution >= 4 is 49.6 Å². The Balaban J connectivity index is 1.79. The Morgan fingerprint density at radius 2 is 1.77 bits per heavy atom. The Hall–Kier alpha value is -2.85. The van der Waals surface area contributed by atoms with Crippen LogP contribution in [0.2, 0.25) is 0 Å². The molecule has 2 amide bonds. The van der Waals surface area contributed by atoms with Gasteiger partial charge in [-0.25, -0.2) is 28.0 Å². The first-order valence-corrected chi connectivity index (χ1v) is 12.3. The molecule has 0 unspecified atom stereocenters. The highest BCUT2D eigenvalue weighted by molar-refractivity contribution is 7.88. The van der Waals surface area contributed by atoms with Crippen molar-refractivity contribution in [3.8, 4) is 0 Å². The lowest BCUT2D eigenvalue weighted by molar-refractivity contribution is -0.121. The zero-order valence-electron chi connectivity index (χ0n) is 17.6. The Bertz CT molecular complexity index is 1270. The van der Waals surface area contributed by atoms with Crippen molar-refractivity contribution in [3.63, 3.8) is 0 Å². The molecule has 0 saturated carbocycles. The highest BCUT2D eigenvalue weighted by atomic mass is 32.2. The fourth-order valence-electron chi connectivity index (χ4n) is 4.00. The molecule has 0 aliphatic carbocycles. The Morgan fingerprint density at radius 1 is 1.06 bits per heavy atom. The van der Waals surface area contributed by atoms with E-state index < -0.39 is 10.0 Å². The van der Waals surface area contributed by atoms with Gasteiger partial charge >= 0.3 is 0 Å². The molecule has 1 aliphatic heterocycles. The highest BCUT2D eigenvalue weighted by Gasteiger charge is 2.34. The van der Waals surface area contributed by atoms with E-state index in [0.717, 1.165) is 29.4 Å². The lowest BCUT2D eigenvalue weighted by Gasteiger charge is -2.15. The number of nitrogens with zero attached hydrogens (tertiary/aromatic N) is 4. The summed E-state index contributed by atoms with van der Waals surface area (Å²) >= 11 is 0. The number of nitrogens with one attached hydrogen (secondary N) is 1. The number of sulfonamides is 1. The maximum Gasteiger partial charge on any atom is 0.235 e. The third-order valence-corrected chi connectivity index (χ3v) is 6.12. The molecule has 1 aromatic carbocycles. The molecule has 1 fully saturated rings. The second-order valence-corrected chi connectivity index (χ2v) is 9.51. The van der Waals surface area contributed by atoms with Gasteiger partial charge in [-0.2, -0.15) is 0 Å². The fourth-order valence-corrected chi connectivity index (χ4v) is 4.51. The first-order valence-electron chi connectivity index (χ1n) is 10.4. The van der Waals surface area contributed by atoms with Crippen LogP contribution in [0.4, 0.5) is 5.82 Å². The topological polar surface area (TPSA) is 114 Å². The average Bonchev–Trinajstić information content (AvgIpc) is 3.26. The second-order valence-electron chi connectivity index (χ2n) is 7.68. The average molecular weight is 444 g/mol. The summed E-state index contributed by atoms with van der Waals surface area (Å²) in [5.41, 5.74) is 2.09. The summed E-state index contributed by atoms with van der Waals surface area (Å²) < 4.78 is 27.2. The van der Waals surface area contributed by atoms with Crippen LogP contribution in [-0.4, -0.2) is 47.6 Å². The summed E-state index contributed by atoms with van der Waals surface area (Å²) in [5, 5.41) is 0.904. The summed E-state index contributed by atoms with van der Waals surface area (Å²) in [7, 11) is -3.21. The summed E-state index contributed by atoms with van der Waals surface area (Å²) in [6.45, 7) is 3.02. The van der Waals surface area contributed by atoms with Crippen molar-refractivity contribution in [2.75, 3.05) is 17.7 Å². The monoisotopic (exact) mass is 443 g/mol. The lowest BCUT2D eigenvalue weighted by Crippen LogP contribution is -2.29. The number of pyridine rings is 1. The van der Waals surface area contributed by atoms with Gasteiger partial charge in [0.2, 0.25) is 21.8 Å². The first-order chi connectivity index (χ1) is 14.8. The molecule has 1 aliphatic rings. The molecule has 10 heteroatoms. The second kappa shape index (κ2) is 8.35. The number of aryl methyl sites for hydroxylation is 2. The minimum absolute atomic E-state index is 0.184. The summed E-state index contributed by atoms with van der Waals surface area (Å²) in [5.74, 6) is 0.625. The summed E-state index contributed by atoms with van der Waals surface area (Å²) in [6, 6.07) is 7.62. The molecule has 31 heavy (non-hydrogen) atoms. The molecular weight excluding hydrogens is 418 g/mol. The molecule has 0 bridgehead atoms. The van der Waals surface area contributed by atoms with E-state index in [1.54, 1.807) is 0 Å². The minimum Gasteiger partial charge on any atom is -0.327 e. The predicted octanol–water partition coefficient (Wildman–Crippen LogP) is 2.13. The van der Waals surface area contributed by atoms with Crippen molar-refractivity contribution in [2.24, 2.45) is 0 Å². The normalized spacial score (nSPS) is 15.0. The van der Waals surface area contributed by atoms with E-state index in [-0.39, 0.29) is 24.7 Å². The number of amides is 2. The van der Waals surface area contributed by atoms with Gasteiger partial charge in [-0.15, -0.1) is 0 Å². The number of fused-ring (bicyclic) bond motifs is 3. The van der Waals surface area contributed by atoms with Gasteiger partial charge < -0.3 is 4.57 Å². The van der Waals surface area contributed by atoms with Crippen LogP contribution in [0, 0.1) is 0 Å². The van der Waals surface area contributed by atoms with Gasteiger partial charge in [0.25, 0.3) is 0 Å². The minimum atomic E-state index is -3.21. The molecular formula is C21H25N5O4S. The van der Waals surface area contributed by atoms with E-state index >= 15 is 0 Å². The van der Waals surface area contributed by atoms with Gasteiger partial charge in [0.05, 0.1) is 17.3 Å². The van der Waals surface area contributed by atoms with Crippen LogP contribution in [-0.2, 0) is 32.6 Å². The van der Waals surface area contributed by atoms with Crippen LogP contribution in [0.15, 0.2) is 24.3 Å². The van der Waals surface area contributed by atoms with Crippen molar-refractivity contribution in [1.29, 1.82) is 0 Å². The molecule has 3 heterocycles. The number of imide groups is 1. The first kappa shape index (κ1) is 21.4. The molecule has 1 saturated heterocycles. The SMILES string of the molecule is CCc1nc2c(N3C(=O)CCC3=O)nc3ccccc3c2n1CCCCNS(C)(=O)=O. The number of para-hydroxylation sites is 1. The number of aromatic nitrogens is 3. The molecule has 1 N–H and O–H groups in total. The standard InChI is InChI=1S/C21H25N5O4S/c1-3-16-24-19-20(25(16)13-7-6-12-22-31(2,29)30)14-8-4-5-9-15(14)23-21(19)26-17(27)10-11-18(26)28/h4-5,8-9,22H,3,6-7,10-13H2,1-2H3. The number of imidazole rings is 1. The van der Waals surface area contributed by atoms with E-state index in [9.17, 15) is 18.0 Å². The Morgan fingerprint density at radius 3 is 2.45 bits per heavy atom. The number of carbonyl (C=O) groups excluding carboxylic acids is 2. The number of carbonyl (C=O) groups is 2. The van der Waals surface area contributed by atoms with Crippen LogP contribution in [0.3, 0.4) is 0 Å². The maximum atomic E-state index is 12.4. The van der Waals surface area contributed by atoms with E-state index in [1.165, 1.54) is 4.90 Å². The van der Waals surface area contributed by atoms with Crippen LogP contribution >= 0.6 is 0 Å². The zero-order valence-corrected chi connectivity index (χ0v) is 18.4. The van der Waals surface area contributed by atoms with Gasteiger partial charge in [-0.1, -0.05) is 25.1 Å². The molecule has 3 aromatic rings. The molecule has 4 rings (SSSR count). The third-order valence-electron chi connectivity index (χ3n) is 5.40. The third kappa shape index (κ3) is 4.17.